The number of rotatable bonds is 5. The summed E-state index contributed by atoms with van der Waals surface area (Å²) < 4.78 is 10.8. The van der Waals surface area contributed by atoms with Gasteiger partial charge in [0, 0.05) is 62.1 Å². The van der Waals surface area contributed by atoms with E-state index in [1.54, 1.807) is 18.2 Å². The van der Waals surface area contributed by atoms with Gasteiger partial charge in [-0.2, -0.15) is 0 Å². The Morgan fingerprint density at radius 2 is 1.50 bits per heavy atom. The van der Waals surface area contributed by atoms with Gasteiger partial charge in [0.2, 0.25) is 12.7 Å². The lowest BCUT2D eigenvalue weighted by Crippen LogP contribution is -2.39. The van der Waals surface area contributed by atoms with E-state index >= 15 is 0 Å². The highest BCUT2D eigenvalue weighted by Gasteiger charge is 2.30. The van der Waals surface area contributed by atoms with Gasteiger partial charge in [0.1, 0.15) is 0 Å². The van der Waals surface area contributed by atoms with Crippen LogP contribution in [0.15, 0.2) is 36.4 Å². The van der Waals surface area contributed by atoms with E-state index in [0.29, 0.717) is 47.3 Å². The average Bonchev–Trinajstić information content (AvgIpc) is 3.64. The minimum Gasteiger partial charge on any atom is -0.454 e. The number of hydrogen-bond donors (Lipinski definition) is 1. The molecule has 3 amide bonds. The van der Waals surface area contributed by atoms with Gasteiger partial charge in [-0.15, -0.1) is 0 Å². The molecule has 9 nitrogen and oxygen atoms in total. The first-order chi connectivity index (χ1) is 19.6. The van der Waals surface area contributed by atoms with E-state index in [2.05, 4.69) is 10.2 Å². The number of fused-ring (bicyclic) bond motifs is 1. The summed E-state index contributed by atoms with van der Waals surface area (Å²) in [5, 5.41) is 2.97. The van der Waals surface area contributed by atoms with Crippen LogP contribution in [0.3, 0.4) is 0 Å². The van der Waals surface area contributed by atoms with Gasteiger partial charge in [-0.1, -0.05) is 12.8 Å². The number of nitrogens with one attached hydrogen (secondary N) is 1. The van der Waals surface area contributed by atoms with E-state index in [-0.39, 0.29) is 24.5 Å². The van der Waals surface area contributed by atoms with Gasteiger partial charge in [0.05, 0.1) is 5.56 Å². The minimum absolute atomic E-state index is 0.00277. The van der Waals surface area contributed by atoms with E-state index in [1.165, 1.54) is 0 Å². The molecule has 1 aliphatic carbocycles. The van der Waals surface area contributed by atoms with E-state index in [9.17, 15) is 14.4 Å². The molecule has 3 fully saturated rings. The highest BCUT2D eigenvalue weighted by molar-refractivity contribution is 6.06. The predicted molar refractivity (Wildman–Crippen MR) is 152 cm³/mol. The highest BCUT2D eigenvalue weighted by atomic mass is 16.7. The molecule has 0 unspecified atom stereocenters. The summed E-state index contributed by atoms with van der Waals surface area (Å²) in [5.74, 6) is 1.36. The highest BCUT2D eigenvalue weighted by Crippen LogP contribution is 2.33. The minimum atomic E-state index is -0.279. The van der Waals surface area contributed by atoms with Gasteiger partial charge >= 0.3 is 0 Å². The van der Waals surface area contributed by atoms with Crippen molar-refractivity contribution in [3.8, 4) is 11.5 Å². The van der Waals surface area contributed by atoms with Gasteiger partial charge in [0.15, 0.2) is 11.5 Å². The van der Waals surface area contributed by atoms with Crippen LogP contribution in [0.5, 0.6) is 11.5 Å². The Labute approximate surface area is 235 Å². The van der Waals surface area contributed by atoms with Crippen LogP contribution in [0.4, 0.5) is 11.4 Å². The van der Waals surface area contributed by atoms with E-state index in [4.69, 9.17) is 9.47 Å². The van der Waals surface area contributed by atoms with Crippen LogP contribution in [0.1, 0.15) is 72.1 Å². The van der Waals surface area contributed by atoms with Crippen molar-refractivity contribution < 1.29 is 23.9 Å². The third-order valence-electron chi connectivity index (χ3n) is 8.62. The lowest BCUT2D eigenvalue weighted by atomic mass is 10.1. The molecule has 1 saturated carbocycles. The van der Waals surface area contributed by atoms with Crippen LogP contribution in [0.25, 0.3) is 0 Å². The monoisotopic (exact) mass is 546 g/mol. The molecule has 3 heterocycles. The second-order valence-electron chi connectivity index (χ2n) is 11.3. The normalized spacial score (nSPS) is 19.4. The first kappa shape index (κ1) is 26.5. The fourth-order valence-corrected chi connectivity index (χ4v) is 6.38. The molecular formula is C31H38N4O5. The van der Waals surface area contributed by atoms with Crippen molar-refractivity contribution in [2.24, 2.45) is 5.92 Å². The zero-order chi connectivity index (χ0) is 27.5. The van der Waals surface area contributed by atoms with Gasteiger partial charge in [-0.3, -0.25) is 14.4 Å². The number of ether oxygens (including phenoxy) is 2. The number of amides is 3. The number of piperidine rings is 1. The SMILES string of the molecule is O=C(Nc1ccc(N2CCCN(C(=O)C3CCCC3)CC2)c(C(=O)N2CCCCC2)c1)c1ccc2c(c1)OCO2. The van der Waals surface area contributed by atoms with Crippen molar-refractivity contribution in [1.29, 1.82) is 0 Å². The molecular weight excluding hydrogens is 508 g/mol. The number of benzene rings is 2. The molecule has 6 rings (SSSR count). The van der Waals surface area contributed by atoms with E-state index < -0.39 is 0 Å². The second-order valence-corrected chi connectivity index (χ2v) is 11.3. The van der Waals surface area contributed by atoms with Crippen molar-refractivity contribution in [3.05, 3.63) is 47.5 Å². The summed E-state index contributed by atoms with van der Waals surface area (Å²) in [6, 6.07) is 10.7. The topological polar surface area (TPSA) is 91.4 Å². The van der Waals surface area contributed by atoms with E-state index in [1.807, 2.05) is 28.0 Å². The molecule has 212 valence electrons. The van der Waals surface area contributed by atoms with Crippen molar-refractivity contribution in [2.75, 3.05) is 56.3 Å². The van der Waals surface area contributed by atoms with Gasteiger partial charge in [-0.25, -0.2) is 0 Å². The Kier molecular flexibility index (Phi) is 7.80. The number of hydrogen-bond acceptors (Lipinski definition) is 6. The maximum Gasteiger partial charge on any atom is 0.256 e. The fourth-order valence-electron chi connectivity index (χ4n) is 6.38. The Morgan fingerprint density at radius 1 is 0.725 bits per heavy atom. The first-order valence-electron chi connectivity index (χ1n) is 14.7. The van der Waals surface area contributed by atoms with Crippen molar-refractivity contribution in [2.45, 2.75) is 51.4 Å². The molecule has 3 aliphatic heterocycles. The van der Waals surface area contributed by atoms with Crippen LogP contribution in [0, 0.1) is 5.92 Å². The molecule has 0 bridgehead atoms. The van der Waals surface area contributed by atoms with Crippen LogP contribution in [-0.2, 0) is 4.79 Å². The second kappa shape index (κ2) is 11.8. The van der Waals surface area contributed by atoms with Crippen LogP contribution < -0.4 is 19.7 Å². The molecule has 40 heavy (non-hydrogen) atoms. The summed E-state index contributed by atoms with van der Waals surface area (Å²) in [4.78, 5) is 46.2. The zero-order valence-electron chi connectivity index (χ0n) is 23.0. The lowest BCUT2D eigenvalue weighted by molar-refractivity contribution is -0.135. The van der Waals surface area contributed by atoms with Gasteiger partial charge < -0.3 is 29.5 Å². The standard InChI is InChI=1S/C31H38N4O5/c36-29(23-9-12-27-28(19-23)40-21-39-27)32-24-10-11-26(25(20-24)31(38)34-13-4-1-5-14-34)33-15-6-16-35(18-17-33)30(37)22-7-2-3-8-22/h9-12,19-20,22H,1-8,13-18,21H2,(H,32,36). The number of anilines is 2. The Balaban J connectivity index is 1.22. The Hall–Kier alpha value is -3.75. The number of carbonyl (C=O) groups is 3. The average molecular weight is 547 g/mol. The van der Waals surface area contributed by atoms with E-state index in [0.717, 1.165) is 83.2 Å². The molecule has 0 aromatic heterocycles. The van der Waals surface area contributed by atoms with Gasteiger partial charge in [0.25, 0.3) is 11.8 Å². The maximum absolute atomic E-state index is 13.8. The molecule has 2 saturated heterocycles. The fraction of sp³-hybridized carbons (Fsp3) is 0.516. The molecule has 0 atom stereocenters. The molecule has 9 heteroatoms. The van der Waals surface area contributed by atoms with Crippen molar-refractivity contribution >= 4 is 29.1 Å². The molecule has 1 N–H and O–H groups in total. The number of carbonyl (C=O) groups excluding carboxylic acids is 3. The van der Waals surface area contributed by atoms with Crippen molar-refractivity contribution in [1.82, 2.24) is 9.80 Å². The molecule has 0 radical (unpaired) electrons. The summed E-state index contributed by atoms with van der Waals surface area (Å²) in [5.41, 5.74) is 2.49. The number of nitrogens with zero attached hydrogens (tertiary/aromatic N) is 3. The lowest BCUT2D eigenvalue weighted by Gasteiger charge is -2.31. The first-order valence-corrected chi connectivity index (χ1v) is 14.7. The summed E-state index contributed by atoms with van der Waals surface area (Å²) >= 11 is 0. The molecule has 2 aromatic rings. The van der Waals surface area contributed by atoms with Crippen LogP contribution in [-0.4, -0.2) is 73.6 Å². The van der Waals surface area contributed by atoms with Crippen LogP contribution in [0.2, 0.25) is 0 Å². The molecule has 2 aromatic carbocycles. The Morgan fingerprint density at radius 3 is 2.33 bits per heavy atom. The van der Waals surface area contributed by atoms with Gasteiger partial charge in [-0.05, 0) is 74.9 Å². The third-order valence-corrected chi connectivity index (χ3v) is 8.62. The molecule has 4 aliphatic rings. The smallest absolute Gasteiger partial charge is 0.256 e. The quantitative estimate of drug-likeness (QED) is 0.593. The largest absolute Gasteiger partial charge is 0.454 e. The maximum atomic E-state index is 13.8. The molecule has 0 spiro atoms. The van der Waals surface area contributed by atoms with Crippen LogP contribution >= 0.6 is 0 Å². The third kappa shape index (κ3) is 5.60. The van der Waals surface area contributed by atoms with Crippen molar-refractivity contribution in [3.63, 3.8) is 0 Å². The summed E-state index contributed by atoms with van der Waals surface area (Å²) in [7, 11) is 0. The zero-order valence-corrected chi connectivity index (χ0v) is 23.0. The predicted octanol–water partition coefficient (Wildman–Crippen LogP) is 4.52. The number of likely N-dealkylation sites (tertiary alicyclic amines) is 1. The summed E-state index contributed by atoms with van der Waals surface area (Å²) in [6.07, 6.45) is 8.32. The Bertz CT molecular complexity index is 1270. The summed E-state index contributed by atoms with van der Waals surface area (Å²) in [6.45, 7) is 4.51.